The molecule has 0 bridgehead atoms. The second kappa shape index (κ2) is 11.1. The molecular weight excluding hydrogens is 432 g/mol. The lowest BCUT2D eigenvalue weighted by molar-refractivity contribution is 0.0527. The van der Waals surface area contributed by atoms with E-state index >= 15 is 0 Å². The van der Waals surface area contributed by atoms with Crippen LogP contribution in [0.15, 0.2) is 33.4 Å². The maximum absolute atomic E-state index is 12.4. The van der Waals surface area contributed by atoms with Crippen molar-refractivity contribution in [3.63, 3.8) is 0 Å². The molecule has 0 N–H and O–H groups in total. The minimum absolute atomic E-state index is 0.0926. The number of rotatable bonds is 11. The summed E-state index contributed by atoms with van der Waals surface area (Å²) in [5.74, 6) is -0.402. The van der Waals surface area contributed by atoms with Crippen LogP contribution in [0.4, 0.5) is 21.4 Å². The highest BCUT2D eigenvalue weighted by Crippen LogP contribution is 2.43. The Hall–Kier alpha value is -2.54. The van der Waals surface area contributed by atoms with Crippen LogP contribution in [-0.4, -0.2) is 31.4 Å². The molecule has 2 heterocycles. The van der Waals surface area contributed by atoms with Gasteiger partial charge in [0.2, 0.25) is 0 Å². The summed E-state index contributed by atoms with van der Waals surface area (Å²) < 4.78 is 5.21. The number of benzene rings is 1. The molecule has 0 spiro atoms. The summed E-state index contributed by atoms with van der Waals surface area (Å²) in [5.41, 5.74) is 4.62. The van der Waals surface area contributed by atoms with E-state index in [4.69, 9.17) is 4.74 Å². The van der Waals surface area contributed by atoms with E-state index < -0.39 is 5.97 Å². The molecule has 6 nitrogen and oxygen atoms in total. The minimum atomic E-state index is -0.402. The fourth-order valence-electron chi connectivity index (χ4n) is 4.48. The van der Waals surface area contributed by atoms with Crippen LogP contribution in [0.2, 0.25) is 0 Å². The third-order valence-electron chi connectivity index (χ3n) is 6.18. The number of fused-ring (bicyclic) bond motifs is 1. The number of hydrogen-bond donors (Lipinski definition) is 0. The second-order valence-corrected chi connectivity index (χ2v) is 10.1. The van der Waals surface area contributed by atoms with Gasteiger partial charge < -0.3 is 9.64 Å². The van der Waals surface area contributed by atoms with Gasteiger partial charge in [-0.2, -0.15) is 0 Å². The smallest absolute Gasteiger partial charge is 0.341 e. The molecule has 0 radical (unpaired) electrons. The monoisotopic (exact) mass is 468 g/mol. The Labute approximate surface area is 201 Å². The molecule has 0 unspecified atom stereocenters. The number of azo groups is 1. The van der Waals surface area contributed by atoms with Crippen molar-refractivity contribution in [2.24, 2.45) is 15.2 Å². The second-order valence-electron chi connectivity index (χ2n) is 9.16. The van der Waals surface area contributed by atoms with Gasteiger partial charge in [-0.25, -0.2) is 4.79 Å². The molecule has 1 aliphatic rings. The van der Waals surface area contributed by atoms with Crippen molar-refractivity contribution in [3.05, 3.63) is 34.9 Å². The molecule has 0 fully saturated rings. The molecule has 0 amide bonds. The van der Waals surface area contributed by atoms with Gasteiger partial charge in [0.1, 0.15) is 10.6 Å². The fourth-order valence-corrected chi connectivity index (χ4v) is 5.40. The number of carbonyl (C=O) groups excluding carboxylic acids is 1. The Morgan fingerprint density at radius 2 is 1.91 bits per heavy atom. The highest BCUT2D eigenvalue weighted by Gasteiger charge is 2.35. The first-order valence-electron chi connectivity index (χ1n) is 11.9. The zero-order valence-corrected chi connectivity index (χ0v) is 21.4. The lowest BCUT2D eigenvalue weighted by Crippen LogP contribution is -2.41. The van der Waals surface area contributed by atoms with Crippen LogP contribution in [0.1, 0.15) is 81.3 Å². The maximum atomic E-state index is 12.4. The molecule has 33 heavy (non-hydrogen) atoms. The van der Waals surface area contributed by atoms with Crippen LogP contribution >= 0.6 is 11.3 Å². The van der Waals surface area contributed by atoms with Gasteiger partial charge in [0.15, 0.2) is 5.00 Å². The number of nitrogens with zero attached hydrogens (tertiary/aromatic N) is 4. The van der Waals surface area contributed by atoms with Gasteiger partial charge in [0.25, 0.3) is 0 Å². The summed E-state index contributed by atoms with van der Waals surface area (Å²) in [7, 11) is 0. The molecule has 3 rings (SSSR count). The van der Waals surface area contributed by atoms with Gasteiger partial charge in [0.05, 0.1) is 12.3 Å². The SMILES string of the molecule is C=Nc1sc(N=Nc2ccc3c(c2)CC(C)(C)N3CCCCCCC)c(C(=O)OCC)c1C. The number of anilines is 1. The average Bonchev–Trinajstić information content (AvgIpc) is 3.23. The zero-order valence-electron chi connectivity index (χ0n) is 20.6. The highest BCUT2D eigenvalue weighted by molar-refractivity contribution is 7.20. The van der Waals surface area contributed by atoms with E-state index in [0.29, 0.717) is 22.2 Å². The van der Waals surface area contributed by atoms with E-state index in [-0.39, 0.29) is 5.54 Å². The average molecular weight is 469 g/mol. The van der Waals surface area contributed by atoms with E-state index in [9.17, 15) is 4.79 Å². The van der Waals surface area contributed by atoms with Crippen LogP contribution < -0.4 is 4.90 Å². The summed E-state index contributed by atoms with van der Waals surface area (Å²) in [4.78, 5) is 19.0. The number of ether oxygens (including phenoxy) is 1. The zero-order chi connectivity index (χ0) is 24.0. The standard InChI is InChI=1S/C26H36N4O2S/c1-7-9-10-11-12-15-30-21-14-13-20(16-19(21)17-26(30,4)5)28-29-24-22(25(31)32-8-2)18(3)23(27-6)33-24/h13-14,16H,6-12,15,17H2,1-5H3. The van der Waals surface area contributed by atoms with E-state index in [2.05, 4.69) is 59.7 Å². The number of aliphatic imine (C=N–C) groups is 1. The van der Waals surface area contributed by atoms with E-state index in [1.807, 2.05) is 13.0 Å². The highest BCUT2D eigenvalue weighted by atomic mass is 32.1. The summed E-state index contributed by atoms with van der Waals surface area (Å²) in [6, 6.07) is 6.28. The van der Waals surface area contributed by atoms with Crippen molar-refractivity contribution < 1.29 is 9.53 Å². The van der Waals surface area contributed by atoms with Crippen molar-refractivity contribution >= 4 is 45.4 Å². The topological polar surface area (TPSA) is 66.6 Å². The van der Waals surface area contributed by atoms with Crippen LogP contribution in [0, 0.1) is 6.92 Å². The number of hydrogen-bond acceptors (Lipinski definition) is 7. The molecule has 1 aromatic carbocycles. The fraction of sp³-hybridized carbons (Fsp3) is 0.538. The largest absolute Gasteiger partial charge is 0.462 e. The third-order valence-corrected chi connectivity index (χ3v) is 7.28. The van der Waals surface area contributed by atoms with Crippen LogP contribution in [0.3, 0.4) is 0 Å². The number of esters is 1. The van der Waals surface area contributed by atoms with E-state index in [1.165, 1.54) is 54.7 Å². The predicted octanol–water partition coefficient (Wildman–Crippen LogP) is 8.09. The van der Waals surface area contributed by atoms with Crippen molar-refractivity contribution in [2.45, 2.75) is 78.7 Å². The molecule has 2 aromatic rings. The minimum Gasteiger partial charge on any atom is -0.462 e. The number of thiophene rings is 1. The van der Waals surface area contributed by atoms with Gasteiger partial charge in [0, 0.05) is 23.3 Å². The summed E-state index contributed by atoms with van der Waals surface area (Å²) in [5, 5.41) is 10.0. The van der Waals surface area contributed by atoms with Gasteiger partial charge in [-0.3, -0.25) is 4.99 Å². The molecule has 1 aromatic heterocycles. The molecule has 0 aliphatic carbocycles. The van der Waals surface area contributed by atoms with Gasteiger partial charge in [-0.05, 0) is 71.0 Å². The van der Waals surface area contributed by atoms with Crippen molar-refractivity contribution in [1.29, 1.82) is 0 Å². The Kier molecular flexibility index (Phi) is 8.40. The molecule has 0 atom stereocenters. The van der Waals surface area contributed by atoms with Crippen LogP contribution in [0.5, 0.6) is 0 Å². The molecule has 0 saturated carbocycles. The number of unbranched alkanes of at least 4 members (excludes halogenated alkanes) is 4. The van der Waals surface area contributed by atoms with Crippen LogP contribution in [-0.2, 0) is 11.2 Å². The Morgan fingerprint density at radius 3 is 2.61 bits per heavy atom. The first kappa shape index (κ1) is 25.1. The normalized spacial score (nSPS) is 14.6. The molecule has 1 aliphatic heterocycles. The van der Waals surface area contributed by atoms with Gasteiger partial charge in [-0.1, -0.05) is 43.9 Å². The van der Waals surface area contributed by atoms with Crippen molar-refractivity contribution in [2.75, 3.05) is 18.1 Å². The number of carbonyl (C=O) groups is 1. The first-order valence-corrected chi connectivity index (χ1v) is 12.7. The van der Waals surface area contributed by atoms with Crippen molar-refractivity contribution in [1.82, 2.24) is 0 Å². The van der Waals surface area contributed by atoms with Crippen LogP contribution in [0.25, 0.3) is 0 Å². The van der Waals surface area contributed by atoms with Crippen molar-refractivity contribution in [3.8, 4) is 0 Å². The van der Waals surface area contributed by atoms with E-state index in [1.54, 1.807) is 6.92 Å². The molecular formula is C26H36N4O2S. The summed E-state index contributed by atoms with van der Waals surface area (Å²) in [6.45, 7) is 15.5. The predicted molar refractivity (Wildman–Crippen MR) is 139 cm³/mol. The summed E-state index contributed by atoms with van der Waals surface area (Å²) in [6.07, 6.45) is 7.39. The molecule has 0 saturated heterocycles. The lowest BCUT2D eigenvalue weighted by atomic mass is 9.99. The summed E-state index contributed by atoms with van der Waals surface area (Å²) >= 11 is 1.30. The molecule has 7 heteroatoms. The Balaban J connectivity index is 1.80. The third kappa shape index (κ3) is 5.69. The maximum Gasteiger partial charge on any atom is 0.341 e. The van der Waals surface area contributed by atoms with Gasteiger partial charge >= 0.3 is 5.97 Å². The first-order chi connectivity index (χ1) is 15.8. The Morgan fingerprint density at radius 1 is 1.15 bits per heavy atom. The lowest BCUT2D eigenvalue weighted by Gasteiger charge is -2.34. The molecule has 178 valence electrons. The quantitative estimate of drug-likeness (QED) is 0.145. The van der Waals surface area contributed by atoms with Gasteiger partial charge in [-0.15, -0.1) is 10.2 Å². The van der Waals surface area contributed by atoms with E-state index in [0.717, 1.165) is 24.2 Å². The Bertz CT molecular complexity index is 1030.